The molecule has 5 heteroatoms. The van der Waals surface area contributed by atoms with E-state index in [0.29, 0.717) is 17.1 Å². The number of rotatable bonds is 4. The molecule has 0 amide bonds. The van der Waals surface area contributed by atoms with E-state index < -0.39 is 5.75 Å². The highest BCUT2D eigenvalue weighted by Crippen LogP contribution is 2.37. The zero-order chi connectivity index (χ0) is 14.7. The van der Waals surface area contributed by atoms with E-state index in [9.17, 15) is 15.3 Å². The average Bonchev–Trinajstić information content (AvgIpc) is 2.44. The minimum atomic E-state index is -0.500. The van der Waals surface area contributed by atoms with Gasteiger partial charge in [-0.2, -0.15) is 0 Å². The van der Waals surface area contributed by atoms with E-state index in [0.717, 1.165) is 5.56 Å². The number of hydrogen-bond donors (Lipinski definition) is 4. The summed E-state index contributed by atoms with van der Waals surface area (Å²) in [6.07, 6.45) is 0. The predicted octanol–water partition coefficient (Wildman–Crippen LogP) is 3.31. The van der Waals surface area contributed by atoms with Crippen LogP contribution in [0.25, 0.3) is 0 Å². The third-order valence-corrected chi connectivity index (χ3v) is 3.40. The van der Waals surface area contributed by atoms with Gasteiger partial charge in [-0.05, 0) is 30.7 Å². The molecule has 20 heavy (non-hydrogen) atoms. The third-order valence-electron chi connectivity index (χ3n) is 3.16. The van der Waals surface area contributed by atoms with Crippen molar-refractivity contribution in [2.45, 2.75) is 19.5 Å². The number of nitrogens with one attached hydrogen (secondary N) is 1. The summed E-state index contributed by atoms with van der Waals surface area (Å²) in [6.45, 7) is 2.33. The van der Waals surface area contributed by atoms with E-state index in [1.165, 1.54) is 6.07 Å². The molecule has 4 N–H and O–H groups in total. The maximum atomic E-state index is 9.73. The Morgan fingerprint density at radius 2 is 1.85 bits per heavy atom. The van der Waals surface area contributed by atoms with Crippen molar-refractivity contribution in [3.05, 3.63) is 52.5 Å². The van der Waals surface area contributed by atoms with E-state index in [-0.39, 0.29) is 17.5 Å². The summed E-state index contributed by atoms with van der Waals surface area (Å²) < 4.78 is 0. The number of hydrogen-bond acceptors (Lipinski definition) is 4. The lowest BCUT2D eigenvalue weighted by atomic mass is 10.1. The molecule has 0 aliphatic rings. The van der Waals surface area contributed by atoms with E-state index >= 15 is 0 Å². The Bertz CT molecular complexity index is 616. The monoisotopic (exact) mass is 293 g/mol. The summed E-state index contributed by atoms with van der Waals surface area (Å²) in [4.78, 5) is 0. The van der Waals surface area contributed by atoms with Crippen molar-refractivity contribution < 1.29 is 15.3 Å². The second-order valence-electron chi connectivity index (χ2n) is 4.60. The standard InChI is InChI=1S/C15H16ClNO3/c1-9(10-3-2-4-12(16)7-10)17-8-11-5-6-13(18)15(20)14(11)19/h2-7,9,17-20H,8H2,1H3. The summed E-state index contributed by atoms with van der Waals surface area (Å²) in [5.74, 6) is -1.15. The van der Waals surface area contributed by atoms with Gasteiger partial charge in [-0.3, -0.25) is 0 Å². The highest BCUT2D eigenvalue weighted by molar-refractivity contribution is 6.30. The van der Waals surface area contributed by atoms with Crippen LogP contribution in [0.3, 0.4) is 0 Å². The van der Waals surface area contributed by atoms with Crippen LogP contribution in [0.1, 0.15) is 24.1 Å². The zero-order valence-corrected chi connectivity index (χ0v) is 11.7. The molecule has 0 fully saturated rings. The van der Waals surface area contributed by atoms with Crippen molar-refractivity contribution in [1.82, 2.24) is 5.32 Å². The molecule has 2 aromatic rings. The van der Waals surface area contributed by atoms with Crippen LogP contribution < -0.4 is 5.32 Å². The molecule has 2 rings (SSSR count). The Labute approximate surface area is 122 Å². The van der Waals surface area contributed by atoms with Gasteiger partial charge in [0.25, 0.3) is 0 Å². The molecular formula is C15H16ClNO3. The molecule has 0 saturated carbocycles. The van der Waals surface area contributed by atoms with Gasteiger partial charge in [0.1, 0.15) is 0 Å². The molecule has 1 unspecified atom stereocenters. The Morgan fingerprint density at radius 3 is 2.55 bits per heavy atom. The van der Waals surface area contributed by atoms with Gasteiger partial charge >= 0.3 is 0 Å². The summed E-state index contributed by atoms with van der Waals surface area (Å²) in [5.41, 5.74) is 1.54. The molecule has 0 bridgehead atoms. The van der Waals surface area contributed by atoms with Crippen LogP contribution in [0.2, 0.25) is 5.02 Å². The first-order chi connectivity index (χ1) is 9.49. The van der Waals surface area contributed by atoms with Gasteiger partial charge in [0, 0.05) is 23.2 Å². The average molecular weight is 294 g/mol. The lowest BCUT2D eigenvalue weighted by Crippen LogP contribution is -2.18. The highest BCUT2D eigenvalue weighted by Gasteiger charge is 2.12. The Balaban J connectivity index is 2.07. The van der Waals surface area contributed by atoms with Crippen LogP contribution in [0.4, 0.5) is 0 Å². The van der Waals surface area contributed by atoms with E-state index in [1.54, 1.807) is 6.07 Å². The van der Waals surface area contributed by atoms with Gasteiger partial charge in [0.2, 0.25) is 5.75 Å². The first-order valence-corrected chi connectivity index (χ1v) is 6.58. The molecular weight excluding hydrogens is 278 g/mol. The van der Waals surface area contributed by atoms with Crippen LogP contribution >= 0.6 is 11.6 Å². The maximum absolute atomic E-state index is 9.73. The normalized spacial score (nSPS) is 12.3. The number of phenolic OH excluding ortho intramolecular Hbond substituents is 3. The fraction of sp³-hybridized carbons (Fsp3) is 0.200. The van der Waals surface area contributed by atoms with Crippen molar-refractivity contribution in [1.29, 1.82) is 0 Å². The summed E-state index contributed by atoms with van der Waals surface area (Å²) >= 11 is 5.94. The number of halogens is 1. The van der Waals surface area contributed by atoms with Gasteiger partial charge in [-0.1, -0.05) is 29.8 Å². The first-order valence-electron chi connectivity index (χ1n) is 6.20. The molecule has 4 nitrogen and oxygen atoms in total. The Hall–Kier alpha value is -1.91. The molecule has 1 atom stereocenters. The smallest absolute Gasteiger partial charge is 0.200 e. The van der Waals surface area contributed by atoms with Gasteiger partial charge in [-0.25, -0.2) is 0 Å². The second-order valence-corrected chi connectivity index (χ2v) is 5.04. The Morgan fingerprint density at radius 1 is 1.10 bits per heavy atom. The minimum Gasteiger partial charge on any atom is -0.504 e. The maximum Gasteiger partial charge on any atom is 0.200 e. The summed E-state index contributed by atoms with van der Waals surface area (Å²) in [5, 5.41) is 32.3. The molecule has 2 aromatic carbocycles. The van der Waals surface area contributed by atoms with Crippen molar-refractivity contribution in [2.24, 2.45) is 0 Å². The number of benzene rings is 2. The van der Waals surface area contributed by atoms with E-state index in [2.05, 4.69) is 5.32 Å². The van der Waals surface area contributed by atoms with Crippen molar-refractivity contribution in [3.63, 3.8) is 0 Å². The number of aromatic hydroxyl groups is 3. The van der Waals surface area contributed by atoms with Gasteiger partial charge in [0.15, 0.2) is 11.5 Å². The van der Waals surface area contributed by atoms with Gasteiger partial charge in [-0.15, -0.1) is 0 Å². The van der Waals surface area contributed by atoms with Gasteiger partial charge < -0.3 is 20.6 Å². The summed E-state index contributed by atoms with van der Waals surface area (Å²) in [7, 11) is 0. The summed E-state index contributed by atoms with van der Waals surface area (Å²) in [6, 6.07) is 10.4. The molecule has 0 aliphatic carbocycles. The van der Waals surface area contributed by atoms with E-state index in [1.807, 2.05) is 31.2 Å². The predicted molar refractivity (Wildman–Crippen MR) is 78.1 cm³/mol. The fourth-order valence-electron chi connectivity index (χ4n) is 1.91. The molecule has 0 spiro atoms. The van der Waals surface area contributed by atoms with Crippen molar-refractivity contribution in [2.75, 3.05) is 0 Å². The minimum absolute atomic E-state index is 0.0315. The van der Waals surface area contributed by atoms with Crippen LogP contribution in [0.15, 0.2) is 36.4 Å². The molecule has 0 heterocycles. The molecule has 0 radical (unpaired) electrons. The quantitative estimate of drug-likeness (QED) is 0.653. The van der Waals surface area contributed by atoms with Crippen molar-refractivity contribution >= 4 is 11.6 Å². The highest BCUT2D eigenvalue weighted by atomic mass is 35.5. The third kappa shape index (κ3) is 3.15. The first kappa shape index (κ1) is 14.5. The zero-order valence-electron chi connectivity index (χ0n) is 11.0. The van der Waals surface area contributed by atoms with Crippen LogP contribution in [0.5, 0.6) is 17.2 Å². The Kier molecular flexibility index (Phi) is 4.37. The lowest BCUT2D eigenvalue weighted by Gasteiger charge is -2.15. The largest absolute Gasteiger partial charge is 0.504 e. The SMILES string of the molecule is CC(NCc1ccc(O)c(O)c1O)c1cccc(Cl)c1. The fourth-order valence-corrected chi connectivity index (χ4v) is 2.11. The van der Waals surface area contributed by atoms with E-state index in [4.69, 9.17) is 11.6 Å². The topological polar surface area (TPSA) is 72.7 Å². The number of phenols is 3. The van der Waals surface area contributed by atoms with Crippen molar-refractivity contribution in [3.8, 4) is 17.2 Å². The molecule has 0 aromatic heterocycles. The lowest BCUT2D eigenvalue weighted by molar-refractivity contribution is 0.363. The van der Waals surface area contributed by atoms with Crippen LogP contribution in [0, 0.1) is 0 Å². The van der Waals surface area contributed by atoms with Crippen LogP contribution in [-0.4, -0.2) is 15.3 Å². The van der Waals surface area contributed by atoms with Gasteiger partial charge in [0.05, 0.1) is 0 Å². The molecule has 106 valence electrons. The van der Waals surface area contributed by atoms with Crippen LogP contribution in [-0.2, 0) is 6.54 Å². The second kappa shape index (κ2) is 6.03. The molecule has 0 aliphatic heterocycles. The molecule has 0 saturated heterocycles.